The van der Waals surface area contributed by atoms with Gasteiger partial charge in [-0.25, -0.2) is 0 Å². The van der Waals surface area contributed by atoms with Crippen molar-refractivity contribution in [2.45, 2.75) is 46.6 Å². The van der Waals surface area contributed by atoms with Crippen LogP contribution in [0.15, 0.2) is 42.0 Å². The van der Waals surface area contributed by atoms with Gasteiger partial charge in [0.2, 0.25) is 0 Å². The van der Waals surface area contributed by atoms with Crippen molar-refractivity contribution in [1.82, 2.24) is 5.32 Å². The predicted octanol–water partition coefficient (Wildman–Crippen LogP) is 5.31. The molecule has 2 aromatic carbocycles. The first-order valence-electron chi connectivity index (χ1n) is 10.9. The normalized spacial score (nSPS) is 16.1. The molecule has 0 radical (unpaired) electrons. The minimum Gasteiger partial charge on any atom is -0.490 e. The maximum atomic E-state index is 13.3. The molecule has 0 spiro atoms. The zero-order valence-electron chi connectivity index (χ0n) is 19.1. The second-order valence-corrected chi connectivity index (χ2v) is 8.37. The van der Waals surface area contributed by atoms with Crippen LogP contribution in [0.4, 0.5) is 5.69 Å². The number of hydrogen-bond donors (Lipinski definition) is 1. The molecule has 0 bridgehead atoms. The molecule has 0 saturated carbocycles. The van der Waals surface area contributed by atoms with Gasteiger partial charge in [-0.1, -0.05) is 37.6 Å². The van der Waals surface area contributed by atoms with Gasteiger partial charge in [0.15, 0.2) is 16.6 Å². The molecule has 6 nitrogen and oxygen atoms in total. The highest BCUT2D eigenvalue weighted by Crippen LogP contribution is 2.38. The number of benzene rings is 2. The Hall–Kier alpha value is -2.90. The summed E-state index contributed by atoms with van der Waals surface area (Å²) in [5, 5.41) is 2.97. The number of hydrogen-bond acceptors (Lipinski definition) is 5. The van der Waals surface area contributed by atoms with E-state index in [1.807, 2.05) is 52.0 Å². The smallest absolute Gasteiger partial charge is 0.270 e. The lowest BCUT2D eigenvalue weighted by atomic mass is 10.1. The van der Waals surface area contributed by atoms with Crippen LogP contribution < -0.4 is 19.7 Å². The highest BCUT2D eigenvalue weighted by Gasteiger charge is 2.34. The summed E-state index contributed by atoms with van der Waals surface area (Å²) >= 11 is 11.8. The average molecular weight is 487 g/mol. The van der Waals surface area contributed by atoms with Crippen molar-refractivity contribution >= 4 is 52.5 Å². The van der Waals surface area contributed by atoms with Gasteiger partial charge in [-0.05, 0) is 80.4 Å². The molecule has 1 aliphatic heterocycles. The Bertz CT molecular complexity index is 1100. The van der Waals surface area contributed by atoms with Gasteiger partial charge >= 0.3 is 0 Å². The van der Waals surface area contributed by atoms with Crippen molar-refractivity contribution in [3.05, 3.63) is 58.1 Å². The molecule has 2 aromatic rings. The number of nitrogens with one attached hydrogen (secondary N) is 1. The summed E-state index contributed by atoms with van der Waals surface area (Å²) in [6.45, 7) is 8.26. The van der Waals surface area contributed by atoms with Crippen molar-refractivity contribution in [3.8, 4) is 11.5 Å². The lowest BCUT2D eigenvalue weighted by Gasteiger charge is -2.29. The van der Waals surface area contributed by atoms with E-state index in [-0.39, 0.29) is 16.8 Å². The molecule has 1 atom stereocenters. The number of thiocarbonyl (C=S) groups is 1. The molecular formula is C25H27ClN2O4S. The second kappa shape index (κ2) is 10.8. The number of amides is 2. The van der Waals surface area contributed by atoms with Crippen LogP contribution >= 0.6 is 23.8 Å². The van der Waals surface area contributed by atoms with Gasteiger partial charge in [-0.2, -0.15) is 0 Å². The van der Waals surface area contributed by atoms with E-state index in [9.17, 15) is 9.59 Å². The molecule has 1 saturated heterocycles. The van der Waals surface area contributed by atoms with E-state index in [2.05, 4.69) is 5.32 Å². The minimum atomic E-state index is -0.569. The number of rotatable bonds is 8. The summed E-state index contributed by atoms with van der Waals surface area (Å²) in [4.78, 5) is 27.2. The average Bonchev–Trinajstić information content (AvgIpc) is 2.79. The number of ether oxygens (including phenoxy) is 2. The van der Waals surface area contributed by atoms with Crippen LogP contribution in [0.3, 0.4) is 0 Å². The topological polar surface area (TPSA) is 67.9 Å². The van der Waals surface area contributed by atoms with E-state index < -0.39 is 11.8 Å². The predicted molar refractivity (Wildman–Crippen MR) is 135 cm³/mol. The monoisotopic (exact) mass is 486 g/mol. The van der Waals surface area contributed by atoms with E-state index in [0.717, 1.165) is 18.4 Å². The Kier molecular flexibility index (Phi) is 8.10. The van der Waals surface area contributed by atoms with Gasteiger partial charge in [0.05, 0.1) is 23.4 Å². The largest absolute Gasteiger partial charge is 0.490 e. The van der Waals surface area contributed by atoms with Gasteiger partial charge in [-0.15, -0.1) is 0 Å². The molecule has 2 amide bonds. The van der Waals surface area contributed by atoms with Crippen LogP contribution in [0.2, 0.25) is 5.02 Å². The van der Waals surface area contributed by atoms with Crippen molar-refractivity contribution in [3.63, 3.8) is 0 Å². The number of aryl methyl sites for hydroxylation is 1. The highest BCUT2D eigenvalue weighted by atomic mass is 35.5. The number of carbonyl (C=O) groups excluding carboxylic acids is 2. The number of halogens is 1. The van der Waals surface area contributed by atoms with E-state index in [1.165, 1.54) is 11.0 Å². The first-order chi connectivity index (χ1) is 15.8. The van der Waals surface area contributed by atoms with E-state index in [1.54, 1.807) is 12.1 Å². The molecule has 0 unspecified atom stereocenters. The van der Waals surface area contributed by atoms with Crippen LogP contribution in [-0.2, 0) is 16.0 Å². The van der Waals surface area contributed by atoms with Gasteiger partial charge < -0.3 is 9.47 Å². The third-order valence-corrected chi connectivity index (χ3v) is 5.81. The maximum Gasteiger partial charge on any atom is 0.270 e. The fourth-order valence-electron chi connectivity index (χ4n) is 3.27. The summed E-state index contributed by atoms with van der Waals surface area (Å²) in [5.74, 6) is -0.195. The van der Waals surface area contributed by atoms with Gasteiger partial charge in [0.1, 0.15) is 5.57 Å². The van der Waals surface area contributed by atoms with Gasteiger partial charge in [0, 0.05) is 0 Å². The zero-order valence-corrected chi connectivity index (χ0v) is 20.7. The molecule has 33 heavy (non-hydrogen) atoms. The Labute approximate surface area is 204 Å². The number of anilines is 1. The van der Waals surface area contributed by atoms with E-state index in [4.69, 9.17) is 33.3 Å². The molecule has 1 N–H and O–H groups in total. The van der Waals surface area contributed by atoms with Crippen LogP contribution in [0.25, 0.3) is 6.08 Å². The Morgan fingerprint density at radius 1 is 1.15 bits per heavy atom. The molecule has 1 fully saturated rings. The lowest BCUT2D eigenvalue weighted by molar-refractivity contribution is -0.122. The van der Waals surface area contributed by atoms with Crippen molar-refractivity contribution in [1.29, 1.82) is 0 Å². The van der Waals surface area contributed by atoms with Crippen molar-refractivity contribution in [2.75, 3.05) is 11.5 Å². The number of carbonyl (C=O) groups is 2. The molecule has 1 heterocycles. The highest BCUT2D eigenvalue weighted by molar-refractivity contribution is 7.80. The number of nitrogens with zero attached hydrogens (tertiary/aromatic N) is 1. The summed E-state index contributed by atoms with van der Waals surface area (Å²) in [5.41, 5.74) is 2.19. The third-order valence-electron chi connectivity index (χ3n) is 5.24. The first kappa shape index (κ1) is 24.7. The third kappa shape index (κ3) is 5.54. The standard InChI is InChI=1S/C25H27ClN2O4S/c1-5-15(4)32-22-20(26)13-17(14-21(22)31-7-3)12-19-23(29)27-25(33)28(24(19)30)18-10-8-16(6-2)9-11-18/h8-15H,5-7H2,1-4H3,(H,27,29,33)/b19-12+/t15-/m1/s1. The van der Waals surface area contributed by atoms with Crippen LogP contribution in [0, 0.1) is 0 Å². The summed E-state index contributed by atoms with van der Waals surface area (Å²) in [6, 6.07) is 10.8. The maximum absolute atomic E-state index is 13.3. The molecule has 174 valence electrons. The summed E-state index contributed by atoms with van der Waals surface area (Å²) < 4.78 is 11.6. The second-order valence-electron chi connectivity index (χ2n) is 7.58. The Morgan fingerprint density at radius 2 is 1.85 bits per heavy atom. The van der Waals surface area contributed by atoms with E-state index >= 15 is 0 Å². The molecular weight excluding hydrogens is 460 g/mol. The Balaban J connectivity index is 2.00. The van der Waals surface area contributed by atoms with Crippen molar-refractivity contribution in [2.24, 2.45) is 0 Å². The zero-order chi connectivity index (χ0) is 24.1. The van der Waals surface area contributed by atoms with Crippen LogP contribution in [-0.4, -0.2) is 29.6 Å². The van der Waals surface area contributed by atoms with E-state index in [0.29, 0.717) is 34.4 Å². The van der Waals surface area contributed by atoms with Crippen LogP contribution in [0.1, 0.15) is 45.2 Å². The molecule has 3 rings (SSSR count). The minimum absolute atomic E-state index is 0.0386. The van der Waals surface area contributed by atoms with Crippen LogP contribution in [0.5, 0.6) is 11.5 Å². The van der Waals surface area contributed by atoms with Crippen molar-refractivity contribution < 1.29 is 19.1 Å². The molecule has 1 aliphatic rings. The quantitative estimate of drug-likeness (QED) is 0.311. The first-order valence-corrected chi connectivity index (χ1v) is 11.7. The fraction of sp³-hybridized carbons (Fsp3) is 0.320. The summed E-state index contributed by atoms with van der Waals surface area (Å²) in [6.07, 6.45) is 3.11. The SMILES string of the molecule is CCOc1cc(/C=C2\C(=O)NC(=S)N(c3ccc(CC)cc3)C2=O)cc(Cl)c1O[C@H](C)CC. The van der Waals surface area contributed by atoms with Gasteiger partial charge in [0.25, 0.3) is 11.8 Å². The molecule has 0 aliphatic carbocycles. The molecule has 0 aromatic heterocycles. The Morgan fingerprint density at radius 3 is 2.45 bits per heavy atom. The van der Waals surface area contributed by atoms with Gasteiger partial charge in [-0.3, -0.25) is 19.8 Å². The lowest BCUT2D eigenvalue weighted by Crippen LogP contribution is -2.54. The molecule has 8 heteroatoms. The summed E-state index contributed by atoms with van der Waals surface area (Å²) in [7, 11) is 0. The fourth-order valence-corrected chi connectivity index (χ4v) is 3.82.